The minimum atomic E-state index is -0.0125. The summed E-state index contributed by atoms with van der Waals surface area (Å²) in [4.78, 5) is 22.0. The van der Waals surface area contributed by atoms with E-state index in [2.05, 4.69) is 36.8 Å². The van der Waals surface area contributed by atoms with Gasteiger partial charge in [0.25, 0.3) is 0 Å². The molecule has 0 bridgehead atoms. The van der Waals surface area contributed by atoms with Gasteiger partial charge in [-0.15, -0.1) is 10.2 Å². The molecule has 0 unspecified atom stereocenters. The molecule has 2 aliphatic heterocycles. The number of likely N-dealkylation sites (tertiary alicyclic amines) is 1. The number of hydrogen-bond acceptors (Lipinski definition) is 5. The highest BCUT2D eigenvalue weighted by molar-refractivity contribution is 5.76. The smallest absolute Gasteiger partial charge is 0.317 e. The maximum absolute atomic E-state index is 12.6. The second-order valence-corrected chi connectivity index (χ2v) is 7.09. The van der Waals surface area contributed by atoms with E-state index in [0.29, 0.717) is 25.7 Å². The molecule has 5 heterocycles. The number of carbonyl (C=O) groups is 1. The maximum Gasteiger partial charge on any atom is 0.317 e. The van der Waals surface area contributed by atoms with Gasteiger partial charge in [-0.2, -0.15) is 0 Å². The number of rotatable bonds is 3. The molecule has 0 radical (unpaired) electrons. The van der Waals surface area contributed by atoms with E-state index in [9.17, 15) is 4.79 Å². The molecule has 2 amide bonds. The van der Waals surface area contributed by atoms with Crippen LogP contribution in [0.2, 0.25) is 0 Å². The molecule has 0 saturated carbocycles. The SMILES string of the molecule is CC[C@@H]1CN(C(=O)NC2COC2)C[C@@H]1c1nnc2cnc3[nH]ccc3n12. The highest BCUT2D eigenvalue weighted by Crippen LogP contribution is 2.34. The van der Waals surface area contributed by atoms with E-state index in [4.69, 9.17) is 4.74 Å². The topological polar surface area (TPSA) is 100 Å². The van der Waals surface area contributed by atoms with Gasteiger partial charge in [-0.3, -0.25) is 4.40 Å². The lowest BCUT2D eigenvalue weighted by Crippen LogP contribution is -2.52. The van der Waals surface area contributed by atoms with Crippen LogP contribution in [0.4, 0.5) is 4.79 Å². The van der Waals surface area contributed by atoms with Crippen molar-refractivity contribution in [3.63, 3.8) is 0 Å². The number of carbonyl (C=O) groups excluding carboxylic acids is 1. The van der Waals surface area contributed by atoms with Gasteiger partial charge in [0, 0.05) is 25.2 Å². The Labute approximate surface area is 149 Å². The summed E-state index contributed by atoms with van der Waals surface area (Å²) in [6, 6.07) is 2.11. The maximum atomic E-state index is 12.6. The third kappa shape index (κ3) is 2.34. The number of aromatic nitrogens is 5. The summed E-state index contributed by atoms with van der Waals surface area (Å²) in [5.41, 5.74) is 2.51. The van der Waals surface area contributed by atoms with Gasteiger partial charge in [-0.1, -0.05) is 13.3 Å². The van der Waals surface area contributed by atoms with Crippen LogP contribution in [0.3, 0.4) is 0 Å². The molecule has 0 spiro atoms. The zero-order valence-corrected chi connectivity index (χ0v) is 14.6. The molecular formula is C17H21N7O2. The number of nitrogens with zero attached hydrogens (tertiary/aromatic N) is 5. The molecule has 26 heavy (non-hydrogen) atoms. The van der Waals surface area contributed by atoms with E-state index in [1.807, 2.05) is 17.2 Å². The number of urea groups is 1. The average molecular weight is 355 g/mol. The molecular weight excluding hydrogens is 334 g/mol. The Bertz CT molecular complexity index is 960. The molecule has 0 aromatic carbocycles. The summed E-state index contributed by atoms with van der Waals surface area (Å²) in [5, 5.41) is 11.8. The summed E-state index contributed by atoms with van der Waals surface area (Å²) in [6.07, 6.45) is 4.58. The fourth-order valence-electron chi connectivity index (χ4n) is 3.97. The van der Waals surface area contributed by atoms with E-state index in [-0.39, 0.29) is 18.0 Å². The molecule has 9 heteroatoms. The molecule has 2 fully saturated rings. The quantitative estimate of drug-likeness (QED) is 0.734. The third-order valence-electron chi connectivity index (χ3n) is 5.52. The van der Waals surface area contributed by atoms with Crippen LogP contribution in [0.5, 0.6) is 0 Å². The van der Waals surface area contributed by atoms with Crippen LogP contribution in [-0.2, 0) is 4.74 Å². The number of amides is 2. The summed E-state index contributed by atoms with van der Waals surface area (Å²) in [7, 11) is 0. The van der Waals surface area contributed by atoms with Crippen LogP contribution < -0.4 is 5.32 Å². The molecule has 2 aliphatic rings. The van der Waals surface area contributed by atoms with Crippen LogP contribution in [0.1, 0.15) is 25.1 Å². The molecule has 2 saturated heterocycles. The number of fused-ring (bicyclic) bond motifs is 3. The van der Waals surface area contributed by atoms with E-state index in [0.717, 1.165) is 35.6 Å². The first-order valence-corrected chi connectivity index (χ1v) is 9.05. The highest BCUT2D eigenvalue weighted by atomic mass is 16.5. The Morgan fingerprint density at radius 1 is 1.38 bits per heavy atom. The molecule has 3 aromatic heterocycles. The van der Waals surface area contributed by atoms with Crippen LogP contribution in [0.15, 0.2) is 18.5 Å². The highest BCUT2D eigenvalue weighted by Gasteiger charge is 2.39. The van der Waals surface area contributed by atoms with Crippen LogP contribution in [0.25, 0.3) is 16.8 Å². The van der Waals surface area contributed by atoms with Crippen LogP contribution >= 0.6 is 0 Å². The Morgan fingerprint density at radius 2 is 2.27 bits per heavy atom. The van der Waals surface area contributed by atoms with Crippen molar-refractivity contribution >= 4 is 22.8 Å². The van der Waals surface area contributed by atoms with Crippen LogP contribution in [0, 0.1) is 5.92 Å². The summed E-state index contributed by atoms with van der Waals surface area (Å²) >= 11 is 0. The van der Waals surface area contributed by atoms with Gasteiger partial charge < -0.3 is 19.9 Å². The molecule has 2 N–H and O–H groups in total. The van der Waals surface area contributed by atoms with Gasteiger partial charge in [0.15, 0.2) is 11.3 Å². The summed E-state index contributed by atoms with van der Waals surface area (Å²) in [6.45, 7) is 4.75. The second-order valence-electron chi connectivity index (χ2n) is 7.09. The normalized spacial score (nSPS) is 23.7. The minimum absolute atomic E-state index is 0.0125. The van der Waals surface area contributed by atoms with Crippen molar-refractivity contribution in [3.8, 4) is 0 Å². The fourth-order valence-corrected chi connectivity index (χ4v) is 3.97. The molecule has 0 aliphatic carbocycles. The van der Waals surface area contributed by atoms with E-state index < -0.39 is 0 Å². The van der Waals surface area contributed by atoms with Crippen molar-refractivity contribution < 1.29 is 9.53 Å². The van der Waals surface area contributed by atoms with E-state index in [1.165, 1.54) is 0 Å². The lowest BCUT2D eigenvalue weighted by molar-refractivity contribution is -0.00174. The van der Waals surface area contributed by atoms with Crippen molar-refractivity contribution in [2.45, 2.75) is 25.3 Å². The van der Waals surface area contributed by atoms with Gasteiger partial charge in [-0.05, 0) is 12.0 Å². The lowest BCUT2D eigenvalue weighted by Gasteiger charge is -2.29. The zero-order chi connectivity index (χ0) is 17.7. The minimum Gasteiger partial charge on any atom is -0.377 e. The van der Waals surface area contributed by atoms with Gasteiger partial charge >= 0.3 is 6.03 Å². The second kappa shape index (κ2) is 5.94. The Balaban J connectivity index is 1.47. The number of hydrogen-bond donors (Lipinski definition) is 2. The molecule has 3 aromatic rings. The predicted octanol–water partition coefficient (Wildman–Crippen LogP) is 1.14. The number of ether oxygens (including phenoxy) is 1. The number of aromatic amines is 1. The van der Waals surface area contributed by atoms with Gasteiger partial charge in [-0.25, -0.2) is 9.78 Å². The molecule has 9 nitrogen and oxygen atoms in total. The lowest BCUT2D eigenvalue weighted by atomic mass is 9.93. The molecule has 2 atom stereocenters. The van der Waals surface area contributed by atoms with Crippen molar-refractivity contribution in [3.05, 3.63) is 24.3 Å². The largest absolute Gasteiger partial charge is 0.377 e. The Morgan fingerprint density at radius 3 is 3.04 bits per heavy atom. The summed E-state index contributed by atoms with van der Waals surface area (Å²) < 4.78 is 7.20. The Kier molecular flexibility index (Phi) is 3.56. The molecule has 5 rings (SSSR count). The fraction of sp³-hybridized carbons (Fsp3) is 0.529. The number of H-pyrrole nitrogens is 1. The van der Waals surface area contributed by atoms with Crippen LogP contribution in [-0.4, -0.2) is 67.8 Å². The average Bonchev–Trinajstić information content (AvgIpc) is 3.32. The van der Waals surface area contributed by atoms with Crippen molar-refractivity contribution in [2.75, 3.05) is 26.3 Å². The summed E-state index contributed by atoms with van der Waals surface area (Å²) in [5.74, 6) is 1.41. The van der Waals surface area contributed by atoms with E-state index in [1.54, 1.807) is 6.20 Å². The zero-order valence-electron chi connectivity index (χ0n) is 14.6. The standard InChI is InChI=1S/C17H21N7O2/c1-2-10-6-23(17(25)20-11-8-26-9-11)7-12(10)16-22-21-14-5-19-15-13(24(14)16)3-4-18-15/h3-5,10-12,18H,2,6-9H2,1H3,(H,20,25)/t10-,12+/m1/s1. The van der Waals surface area contributed by atoms with Crippen molar-refractivity contribution in [2.24, 2.45) is 5.92 Å². The van der Waals surface area contributed by atoms with Gasteiger partial charge in [0.2, 0.25) is 0 Å². The van der Waals surface area contributed by atoms with E-state index >= 15 is 0 Å². The number of nitrogens with one attached hydrogen (secondary N) is 2. The van der Waals surface area contributed by atoms with Gasteiger partial charge in [0.05, 0.1) is 31.0 Å². The van der Waals surface area contributed by atoms with Crippen molar-refractivity contribution in [1.29, 1.82) is 0 Å². The first kappa shape index (κ1) is 15.6. The Hall–Kier alpha value is -2.68. The van der Waals surface area contributed by atoms with Gasteiger partial charge in [0.1, 0.15) is 5.82 Å². The molecule has 136 valence electrons. The first-order valence-electron chi connectivity index (χ1n) is 9.05. The monoisotopic (exact) mass is 355 g/mol. The third-order valence-corrected chi connectivity index (χ3v) is 5.52. The predicted molar refractivity (Wildman–Crippen MR) is 93.9 cm³/mol. The first-order chi connectivity index (χ1) is 12.7. The van der Waals surface area contributed by atoms with Crippen molar-refractivity contribution in [1.82, 2.24) is 34.8 Å².